The Labute approximate surface area is 143 Å². The van der Waals surface area contributed by atoms with Gasteiger partial charge in [0, 0.05) is 24.3 Å². The average Bonchev–Trinajstić information content (AvgIpc) is 3.01. The number of carbonyl (C=O) groups is 1. The first-order chi connectivity index (χ1) is 11.7. The first-order valence-electron chi connectivity index (χ1n) is 7.80. The van der Waals surface area contributed by atoms with Gasteiger partial charge in [0.2, 0.25) is 5.91 Å². The highest BCUT2D eigenvalue weighted by molar-refractivity contribution is 7.99. The monoisotopic (exact) mass is 343 g/mol. The fourth-order valence-electron chi connectivity index (χ4n) is 2.32. The molecule has 124 valence electrons. The SMILES string of the molecule is O=C(CCCSc1nc2ccccc2[nH]1)NCc1ccccc1F. The van der Waals surface area contributed by atoms with Gasteiger partial charge in [-0.15, -0.1) is 0 Å². The molecule has 0 saturated heterocycles. The number of amides is 1. The van der Waals surface area contributed by atoms with E-state index in [1.165, 1.54) is 6.07 Å². The molecule has 2 N–H and O–H groups in total. The Morgan fingerprint density at radius 2 is 1.96 bits per heavy atom. The van der Waals surface area contributed by atoms with Crippen LogP contribution in [0.1, 0.15) is 18.4 Å². The molecule has 24 heavy (non-hydrogen) atoms. The number of fused-ring (bicyclic) bond motifs is 1. The molecular weight excluding hydrogens is 325 g/mol. The number of carbonyl (C=O) groups excluding carboxylic acids is 1. The Bertz CT molecular complexity index is 801. The minimum Gasteiger partial charge on any atom is -0.352 e. The van der Waals surface area contributed by atoms with E-state index in [9.17, 15) is 9.18 Å². The van der Waals surface area contributed by atoms with Gasteiger partial charge in [-0.2, -0.15) is 0 Å². The van der Waals surface area contributed by atoms with E-state index in [0.717, 1.165) is 28.4 Å². The first kappa shape index (κ1) is 16.5. The van der Waals surface area contributed by atoms with Gasteiger partial charge >= 0.3 is 0 Å². The summed E-state index contributed by atoms with van der Waals surface area (Å²) < 4.78 is 13.5. The molecular formula is C18H18FN3OS. The lowest BCUT2D eigenvalue weighted by atomic mass is 10.2. The molecule has 0 aliphatic carbocycles. The lowest BCUT2D eigenvalue weighted by molar-refractivity contribution is -0.121. The van der Waals surface area contributed by atoms with Crippen molar-refractivity contribution in [3.05, 3.63) is 59.9 Å². The van der Waals surface area contributed by atoms with Crippen molar-refractivity contribution in [2.24, 2.45) is 0 Å². The van der Waals surface area contributed by atoms with Crippen LogP contribution in [-0.2, 0) is 11.3 Å². The van der Waals surface area contributed by atoms with E-state index < -0.39 is 0 Å². The maximum atomic E-state index is 13.5. The number of aromatic amines is 1. The van der Waals surface area contributed by atoms with Crippen molar-refractivity contribution in [2.75, 3.05) is 5.75 Å². The normalized spacial score (nSPS) is 10.9. The number of nitrogens with one attached hydrogen (secondary N) is 2. The molecule has 4 nitrogen and oxygen atoms in total. The van der Waals surface area contributed by atoms with Crippen LogP contribution in [0.2, 0.25) is 0 Å². The summed E-state index contributed by atoms with van der Waals surface area (Å²) in [5.41, 5.74) is 2.47. The van der Waals surface area contributed by atoms with Crippen molar-refractivity contribution in [3.8, 4) is 0 Å². The molecule has 0 atom stereocenters. The quantitative estimate of drug-likeness (QED) is 0.505. The van der Waals surface area contributed by atoms with Crippen LogP contribution in [0.3, 0.4) is 0 Å². The van der Waals surface area contributed by atoms with Crippen molar-refractivity contribution in [1.82, 2.24) is 15.3 Å². The molecule has 6 heteroatoms. The van der Waals surface area contributed by atoms with E-state index in [1.54, 1.807) is 30.0 Å². The van der Waals surface area contributed by atoms with Crippen LogP contribution in [0.5, 0.6) is 0 Å². The van der Waals surface area contributed by atoms with Crippen LogP contribution in [0.15, 0.2) is 53.7 Å². The van der Waals surface area contributed by atoms with Crippen LogP contribution in [-0.4, -0.2) is 21.6 Å². The van der Waals surface area contributed by atoms with Crippen LogP contribution in [0.4, 0.5) is 4.39 Å². The maximum absolute atomic E-state index is 13.5. The number of aromatic nitrogens is 2. The third kappa shape index (κ3) is 4.35. The Balaban J connectivity index is 1.38. The van der Waals surface area contributed by atoms with E-state index >= 15 is 0 Å². The fraction of sp³-hybridized carbons (Fsp3) is 0.222. The van der Waals surface area contributed by atoms with Crippen LogP contribution >= 0.6 is 11.8 Å². The van der Waals surface area contributed by atoms with E-state index in [0.29, 0.717) is 12.0 Å². The van der Waals surface area contributed by atoms with Gasteiger partial charge in [-0.3, -0.25) is 4.79 Å². The summed E-state index contributed by atoms with van der Waals surface area (Å²) in [7, 11) is 0. The Morgan fingerprint density at radius 3 is 2.79 bits per heavy atom. The van der Waals surface area contributed by atoms with Gasteiger partial charge in [0.1, 0.15) is 5.82 Å². The number of H-pyrrole nitrogens is 1. The largest absolute Gasteiger partial charge is 0.352 e. The number of imidazole rings is 1. The van der Waals surface area contributed by atoms with Gasteiger partial charge in [0.05, 0.1) is 11.0 Å². The zero-order chi connectivity index (χ0) is 16.8. The van der Waals surface area contributed by atoms with Crippen LogP contribution < -0.4 is 5.32 Å². The molecule has 0 saturated carbocycles. The van der Waals surface area contributed by atoms with Gasteiger partial charge < -0.3 is 10.3 Å². The zero-order valence-electron chi connectivity index (χ0n) is 13.1. The number of rotatable bonds is 7. The summed E-state index contributed by atoms with van der Waals surface area (Å²) in [6, 6.07) is 14.3. The summed E-state index contributed by atoms with van der Waals surface area (Å²) in [4.78, 5) is 19.5. The molecule has 0 aliphatic rings. The predicted molar refractivity (Wildman–Crippen MR) is 94.3 cm³/mol. The maximum Gasteiger partial charge on any atom is 0.220 e. The molecule has 1 amide bonds. The Hall–Kier alpha value is -2.34. The van der Waals surface area contributed by atoms with E-state index in [1.807, 2.05) is 24.3 Å². The van der Waals surface area contributed by atoms with Crippen molar-refractivity contribution in [3.63, 3.8) is 0 Å². The highest BCUT2D eigenvalue weighted by atomic mass is 32.2. The smallest absolute Gasteiger partial charge is 0.220 e. The predicted octanol–water partition coefficient (Wildman–Crippen LogP) is 3.89. The summed E-state index contributed by atoms with van der Waals surface area (Å²) in [6.07, 6.45) is 1.16. The topological polar surface area (TPSA) is 57.8 Å². The highest BCUT2D eigenvalue weighted by Crippen LogP contribution is 2.20. The molecule has 1 heterocycles. The minimum absolute atomic E-state index is 0.0662. The van der Waals surface area contributed by atoms with Gasteiger partial charge in [0.15, 0.2) is 5.16 Å². The molecule has 3 aromatic rings. The Morgan fingerprint density at radius 1 is 1.17 bits per heavy atom. The van der Waals surface area contributed by atoms with Crippen molar-refractivity contribution >= 4 is 28.7 Å². The summed E-state index contributed by atoms with van der Waals surface area (Å²) >= 11 is 1.60. The second kappa shape index (κ2) is 7.97. The standard InChI is InChI=1S/C18H18FN3OS/c19-14-7-2-1-6-13(14)12-20-17(23)10-5-11-24-18-21-15-8-3-4-9-16(15)22-18/h1-4,6-9H,5,10-12H2,(H,20,23)(H,21,22). The third-order valence-corrected chi connectivity index (χ3v) is 4.55. The lowest BCUT2D eigenvalue weighted by Gasteiger charge is -2.06. The molecule has 0 unspecified atom stereocenters. The average molecular weight is 343 g/mol. The van der Waals surface area contributed by atoms with Crippen LogP contribution in [0, 0.1) is 5.82 Å². The Kier molecular flexibility index (Phi) is 5.48. The van der Waals surface area contributed by atoms with Gasteiger partial charge in [-0.1, -0.05) is 42.1 Å². The number of thioether (sulfide) groups is 1. The van der Waals surface area contributed by atoms with Gasteiger partial charge in [-0.25, -0.2) is 9.37 Å². The van der Waals surface area contributed by atoms with Gasteiger partial charge in [0.25, 0.3) is 0 Å². The van der Waals surface area contributed by atoms with E-state index in [4.69, 9.17) is 0 Å². The second-order valence-corrected chi connectivity index (χ2v) is 6.46. The van der Waals surface area contributed by atoms with E-state index in [2.05, 4.69) is 15.3 Å². The number of nitrogens with zero attached hydrogens (tertiary/aromatic N) is 1. The molecule has 0 bridgehead atoms. The number of hydrogen-bond acceptors (Lipinski definition) is 3. The second-order valence-electron chi connectivity index (χ2n) is 5.38. The molecule has 0 radical (unpaired) electrons. The first-order valence-corrected chi connectivity index (χ1v) is 8.78. The summed E-state index contributed by atoms with van der Waals surface area (Å²) in [5, 5.41) is 3.61. The van der Waals surface area contributed by atoms with Crippen molar-refractivity contribution < 1.29 is 9.18 Å². The summed E-state index contributed by atoms with van der Waals surface area (Å²) in [6.45, 7) is 0.224. The summed E-state index contributed by atoms with van der Waals surface area (Å²) in [5.74, 6) is 0.439. The molecule has 2 aromatic carbocycles. The highest BCUT2D eigenvalue weighted by Gasteiger charge is 2.06. The molecule has 1 aromatic heterocycles. The van der Waals surface area contributed by atoms with Crippen molar-refractivity contribution in [2.45, 2.75) is 24.5 Å². The number of hydrogen-bond donors (Lipinski definition) is 2. The third-order valence-electron chi connectivity index (χ3n) is 3.59. The minimum atomic E-state index is -0.293. The lowest BCUT2D eigenvalue weighted by Crippen LogP contribution is -2.23. The van der Waals surface area contributed by atoms with Crippen LogP contribution in [0.25, 0.3) is 11.0 Å². The molecule has 0 spiro atoms. The van der Waals surface area contributed by atoms with Crippen molar-refractivity contribution in [1.29, 1.82) is 0 Å². The number of halogens is 1. The van der Waals surface area contributed by atoms with Gasteiger partial charge in [-0.05, 0) is 24.6 Å². The zero-order valence-corrected chi connectivity index (χ0v) is 13.9. The number of benzene rings is 2. The molecule has 0 aliphatic heterocycles. The fourth-order valence-corrected chi connectivity index (χ4v) is 3.15. The molecule has 3 rings (SSSR count). The molecule has 0 fully saturated rings. The number of para-hydroxylation sites is 2. The van der Waals surface area contributed by atoms with E-state index in [-0.39, 0.29) is 18.3 Å².